The lowest BCUT2D eigenvalue weighted by Gasteiger charge is -2.13. The number of alkyl halides is 2. The third-order valence-corrected chi connectivity index (χ3v) is 4.70. The van der Waals surface area contributed by atoms with Crippen molar-refractivity contribution in [3.63, 3.8) is 0 Å². The van der Waals surface area contributed by atoms with Gasteiger partial charge in [-0.1, -0.05) is 23.9 Å². The van der Waals surface area contributed by atoms with Crippen molar-refractivity contribution < 1.29 is 22.8 Å². The van der Waals surface area contributed by atoms with Gasteiger partial charge in [0.25, 0.3) is 11.7 Å². The Balaban J connectivity index is 1.57. The minimum absolute atomic E-state index is 0.187. The molecule has 2 aromatic carbocycles. The minimum atomic E-state index is -2.48. The molecule has 3 aromatic rings. The van der Waals surface area contributed by atoms with E-state index in [9.17, 15) is 18.4 Å². The average molecular weight is 431 g/mol. The van der Waals surface area contributed by atoms with Crippen LogP contribution < -0.4 is 16.0 Å². The molecule has 0 unspecified atom stereocenters. The molecule has 0 saturated heterocycles. The summed E-state index contributed by atoms with van der Waals surface area (Å²) in [5.41, 5.74) is 1.52. The van der Waals surface area contributed by atoms with Gasteiger partial charge in [-0.25, -0.2) is 0 Å². The summed E-state index contributed by atoms with van der Waals surface area (Å²) in [7, 11) is 0. The van der Waals surface area contributed by atoms with Crippen molar-refractivity contribution in [2.75, 3.05) is 11.9 Å². The molecule has 0 spiro atoms. The number of benzene rings is 2. The molecular formula is C21H19F2N3O3S. The van der Waals surface area contributed by atoms with Crippen LogP contribution in [0.4, 0.5) is 20.2 Å². The fraction of sp³-hybridized carbons (Fsp3) is 0.143. The molecule has 0 aliphatic heterocycles. The summed E-state index contributed by atoms with van der Waals surface area (Å²) in [6, 6.07) is 16.7. The van der Waals surface area contributed by atoms with Gasteiger partial charge in [0.05, 0.1) is 30.6 Å². The molecular weight excluding hydrogens is 412 g/mol. The van der Waals surface area contributed by atoms with E-state index in [1.165, 1.54) is 6.26 Å². The Morgan fingerprint density at radius 2 is 1.73 bits per heavy atom. The molecule has 156 valence electrons. The third kappa shape index (κ3) is 6.35. The van der Waals surface area contributed by atoms with Crippen LogP contribution in [0.5, 0.6) is 0 Å². The first kappa shape index (κ1) is 21.4. The zero-order valence-electron chi connectivity index (χ0n) is 15.7. The van der Waals surface area contributed by atoms with E-state index in [1.54, 1.807) is 60.7 Å². The molecule has 6 nitrogen and oxygen atoms in total. The maximum absolute atomic E-state index is 12.5. The highest BCUT2D eigenvalue weighted by Crippen LogP contribution is 2.27. The second-order valence-corrected chi connectivity index (χ2v) is 7.18. The normalized spacial score (nSPS) is 10.6. The fourth-order valence-corrected chi connectivity index (χ4v) is 3.08. The summed E-state index contributed by atoms with van der Waals surface area (Å²) in [4.78, 5) is 24.9. The smallest absolute Gasteiger partial charge is 0.288 e. The molecule has 0 aliphatic rings. The first-order valence-electron chi connectivity index (χ1n) is 8.99. The third-order valence-electron chi connectivity index (χ3n) is 3.98. The number of furan rings is 1. The zero-order chi connectivity index (χ0) is 21.3. The summed E-state index contributed by atoms with van der Waals surface area (Å²) in [5.74, 6) is -2.64. The lowest BCUT2D eigenvalue weighted by molar-refractivity contribution is -0.120. The van der Waals surface area contributed by atoms with Crippen LogP contribution in [-0.2, 0) is 11.3 Å². The Kier molecular flexibility index (Phi) is 7.45. The molecule has 0 bridgehead atoms. The van der Waals surface area contributed by atoms with Crippen molar-refractivity contribution in [1.82, 2.24) is 10.6 Å². The fourth-order valence-electron chi connectivity index (χ4n) is 2.58. The summed E-state index contributed by atoms with van der Waals surface area (Å²) in [5, 5.41) is 8.32. The quantitative estimate of drug-likeness (QED) is 0.438. The number of carbonyl (C=O) groups is 2. The topological polar surface area (TPSA) is 83.4 Å². The van der Waals surface area contributed by atoms with Crippen molar-refractivity contribution in [1.29, 1.82) is 0 Å². The van der Waals surface area contributed by atoms with E-state index in [1.807, 2.05) is 0 Å². The van der Waals surface area contributed by atoms with Gasteiger partial charge < -0.3 is 20.4 Å². The van der Waals surface area contributed by atoms with Crippen molar-refractivity contribution in [3.05, 3.63) is 78.3 Å². The van der Waals surface area contributed by atoms with E-state index in [2.05, 4.69) is 16.0 Å². The first-order valence-corrected chi connectivity index (χ1v) is 9.87. The van der Waals surface area contributed by atoms with Crippen molar-refractivity contribution in [2.45, 2.75) is 17.2 Å². The van der Waals surface area contributed by atoms with Crippen LogP contribution >= 0.6 is 11.8 Å². The number of thioether (sulfide) groups is 1. The van der Waals surface area contributed by atoms with Crippen LogP contribution in [0.2, 0.25) is 0 Å². The molecule has 30 heavy (non-hydrogen) atoms. The molecule has 1 heterocycles. The van der Waals surface area contributed by atoms with Gasteiger partial charge in [0.15, 0.2) is 0 Å². The van der Waals surface area contributed by atoms with Crippen molar-refractivity contribution >= 4 is 35.0 Å². The highest BCUT2D eigenvalue weighted by Gasteiger charge is 2.13. The number of rotatable bonds is 9. The molecule has 3 N–H and O–H groups in total. The minimum Gasteiger partial charge on any atom is -0.467 e. The Bertz CT molecular complexity index is 979. The van der Waals surface area contributed by atoms with E-state index in [-0.39, 0.29) is 19.0 Å². The molecule has 0 atom stereocenters. The van der Waals surface area contributed by atoms with Crippen LogP contribution in [0.15, 0.2) is 76.2 Å². The maximum Gasteiger partial charge on any atom is 0.288 e. The average Bonchev–Trinajstić information content (AvgIpc) is 3.26. The number of carbonyl (C=O) groups excluding carboxylic acids is 2. The summed E-state index contributed by atoms with van der Waals surface area (Å²) in [6.07, 6.45) is 1.51. The summed E-state index contributed by atoms with van der Waals surface area (Å²) < 4.78 is 30.0. The number of anilines is 2. The summed E-state index contributed by atoms with van der Waals surface area (Å²) in [6.45, 7) is 0.0487. The van der Waals surface area contributed by atoms with Gasteiger partial charge in [0, 0.05) is 10.6 Å². The molecule has 1 aromatic heterocycles. The van der Waals surface area contributed by atoms with Crippen LogP contribution in [-0.4, -0.2) is 24.1 Å². The van der Waals surface area contributed by atoms with Gasteiger partial charge in [0.2, 0.25) is 5.91 Å². The SMILES string of the molecule is O=C(CNC(=O)c1ccccc1Nc1ccc(SC(F)F)cc1)NCc1ccco1. The largest absolute Gasteiger partial charge is 0.467 e. The highest BCUT2D eigenvalue weighted by molar-refractivity contribution is 7.99. The standard InChI is InChI=1S/C21H19F2N3O3S/c22-21(23)30-16-9-7-14(8-10-16)26-18-6-2-1-5-17(18)20(28)25-13-19(27)24-12-15-4-3-11-29-15/h1-11,21,26H,12-13H2,(H,24,27)(H,25,28). The van der Waals surface area contributed by atoms with Gasteiger partial charge in [-0.15, -0.1) is 0 Å². The predicted octanol–water partition coefficient (Wildman–Crippen LogP) is 4.38. The Labute approximate surface area is 176 Å². The molecule has 0 radical (unpaired) electrons. The van der Waals surface area contributed by atoms with Crippen LogP contribution in [0.1, 0.15) is 16.1 Å². The number of hydrogen-bond acceptors (Lipinski definition) is 5. The first-order chi connectivity index (χ1) is 14.5. The molecule has 2 amide bonds. The number of hydrogen-bond donors (Lipinski definition) is 3. The van der Waals surface area contributed by atoms with E-state index < -0.39 is 11.7 Å². The highest BCUT2D eigenvalue weighted by atomic mass is 32.2. The van der Waals surface area contributed by atoms with Gasteiger partial charge in [-0.05, 0) is 48.5 Å². The van der Waals surface area contributed by atoms with E-state index >= 15 is 0 Å². The Morgan fingerprint density at radius 3 is 2.43 bits per heavy atom. The van der Waals surface area contributed by atoms with Gasteiger partial charge in [-0.2, -0.15) is 8.78 Å². The molecule has 9 heteroatoms. The second kappa shape index (κ2) is 10.4. The van der Waals surface area contributed by atoms with E-state index in [0.29, 0.717) is 39.4 Å². The lowest BCUT2D eigenvalue weighted by atomic mass is 10.1. The molecule has 0 fully saturated rings. The number of amides is 2. The maximum atomic E-state index is 12.5. The van der Waals surface area contributed by atoms with Crippen LogP contribution in [0.3, 0.4) is 0 Å². The monoisotopic (exact) mass is 431 g/mol. The molecule has 3 rings (SSSR count). The number of halogens is 2. The Morgan fingerprint density at radius 1 is 0.967 bits per heavy atom. The van der Waals surface area contributed by atoms with Gasteiger partial charge >= 0.3 is 0 Å². The van der Waals surface area contributed by atoms with Crippen LogP contribution in [0.25, 0.3) is 0 Å². The zero-order valence-corrected chi connectivity index (χ0v) is 16.5. The molecule has 0 aliphatic carbocycles. The number of para-hydroxylation sites is 1. The van der Waals surface area contributed by atoms with Crippen molar-refractivity contribution in [2.24, 2.45) is 0 Å². The molecule has 0 saturated carbocycles. The van der Waals surface area contributed by atoms with E-state index in [4.69, 9.17) is 4.42 Å². The number of nitrogens with one attached hydrogen (secondary N) is 3. The summed E-state index contributed by atoms with van der Waals surface area (Å²) >= 11 is 0.465. The van der Waals surface area contributed by atoms with Gasteiger partial charge in [-0.3, -0.25) is 9.59 Å². The van der Waals surface area contributed by atoms with Gasteiger partial charge in [0.1, 0.15) is 5.76 Å². The van der Waals surface area contributed by atoms with Crippen LogP contribution in [0, 0.1) is 0 Å². The Hall–Kier alpha value is -3.33. The lowest BCUT2D eigenvalue weighted by Crippen LogP contribution is -2.36. The predicted molar refractivity (Wildman–Crippen MR) is 111 cm³/mol. The second-order valence-electron chi connectivity index (χ2n) is 6.11. The van der Waals surface area contributed by atoms with Crippen molar-refractivity contribution in [3.8, 4) is 0 Å². The van der Waals surface area contributed by atoms with E-state index in [0.717, 1.165) is 0 Å².